The van der Waals surface area contributed by atoms with Gasteiger partial charge in [0, 0.05) is 22.0 Å². The quantitative estimate of drug-likeness (QED) is 0.0844. The number of hydrogen-bond donors (Lipinski definition) is 1. The molecule has 9 nitrogen and oxygen atoms in total. The molecule has 0 unspecified atom stereocenters. The number of benzene rings is 1. The van der Waals surface area contributed by atoms with Crippen molar-refractivity contribution in [2.75, 3.05) is 18.5 Å². The predicted molar refractivity (Wildman–Crippen MR) is 169 cm³/mol. The number of halogens is 2. The number of fused-ring (bicyclic) bond motifs is 1. The Morgan fingerprint density at radius 3 is 2.48 bits per heavy atom. The summed E-state index contributed by atoms with van der Waals surface area (Å²) in [4.78, 5) is 13.2. The van der Waals surface area contributed by atoms with Crippen molar-refractivity contribution in [2.24, 2.45) is 0 Å². The molecule has 0 aliphatic heterocycles. The molecule has 0 aliphatic carbocycles. The summed E-state index contributed by atoms with van der Waals surface area (Å²) < 4.78 is 40.8. The minimum Gasteiger partial charge on any atom is -0.491 e. The lowest BCUT2D eigenvalue weighted by atomic mass is 10.2. The van der Waals surface area contributed by atoms with E-state index < -0.39 is 18.3 Å². The Bertz CT molecular complexity index is 1620. The summed E-state index contributed by atoms with van der Waals surface area (Å²) in [5.41, 5.74) is 1.87. The highest BCUT2D eigenvalue weighted by Gasteiger charge is 2.36. The van der Waals surface area contributed by atoms with Crippen molar-refractivity contribution in [2.45, 2.75) is 57.3 Å². The van der Waals surface area contributed by atoms with Crippen LogP contribution < -0.4 is 10.1 Å². The maximum atomic E-state index is 13.4. The topological polar surface area (TPSA) is 108 Å². The lowest BCUT2D eigenvalue weighted by Gasteiger charge is -2.36. The average Bonchev–Trinajstić information content (AvgIpc) is 3.22. The molecule has 40 heavy (non-hydrogen) atoms. The van der Waals surface area contributed by atoms with Crippen molar-refractivity contribution in [1.29, 1.82) is 0 Å². The van der Waals surface area contributed by atoms with Gasteiger partial charge in [-0.15, -0.1) is 0 Å². The Balaban J connectivity index is 1.50. The summed E-state index contributed by atoms with van der Waals surface area (Å²) in [5, 5.41) is 3.86. The van der Waals surface area contributed by atoms with Crippen LogP contribution in [0, 0.1) is 10.5 Å². The van der Waals surface area contributed by atoms with E-state index >= 15 is 0 Å². The van der Waals surface area contributed by atoms with Crippen molar-refractivity contribution >= 4 is 69.4 Å². The molecule has 0 spiro atoms. The fourth-order valence-electron chi connectivity index (χ4n) is 3.65. The van der Waals surface area contributed by atoms with Crippen LogP contribution in [0.2, 0.25) is 23.4 Å². The van der Waals surface area contributed by atoms with Crippen LogP contribution in [0.3, 0.4) is 0 Å². The van der Waals surface area contributed by atoms with Crippen LogP contribution in [0.1, 0.15) is 32.0 Å². The van der Waals surface area contributed by atoms with Gasteiger partial charge in [0.1, 0.15) is 18.2 Å². The maximum Gasteiger partial charge on any atom is 0.269 e. The first-order valence-electron chi connectivity index (χ1n) is 12.7. The van der Waals surface area contributed by atoms with Crippen LogP contribution in [0.4, 0.5) is 5.82 Å². The van der Waals surface area contributed by atoms with Crippen LogP contribution in [-0.2, 0) is 21.0 Å². The molecule has 13 heteroatoms. The van der Waals surface area contributed by atoms with Gasteiger partial charge >= 0.3 is 0 Å². The molecular formula is C27H33ClIN5O4SSi. The van der Waals surface area contributed by atoms with E-state index in [0.717, 1.165) is 9.54 Å². The van der Waals surface area contributed by atoms with Crippen LogP contribution in [0.25, 0.3) is 11.0 Å². The average molecular weight is 714 g/mol. The molecule has 0 saturated carbocycles. The molecule has 1 N–H and O–H groups in total. The minimum absolute atomic E-state index is 0.0726. The van der Waals surface area contributed by atoms with Gasteiger partial charge in [0.2, 0.25) is 5.28 Å². The lowest BCUT2D eigenvalue weighted by molar-refractivity contribution is 0.203. The van der Waals surface area contributed by atoms with Crippen molar-refractivity contribution in [3.05, 3.63) is 68.9 Å². The van der Waals surface area contributed by atoms with Crippen molar-refractivity contribution in [3.8, 4) is 5.75 Å². The Morgan fingerprint density at radius 1 is 1.10 bits per heavy atom. The SMILES string of the molecule is Cc1ccc(S(=O)(=O)n2cc(I)c3c(NCc4cc(OCCO[Si](C)(C)C(C)(C)C)ccn4)nc(Cl)nc32)cc1. The number of hydrogen-bond acceptors (Lipinski definition) is 8. The minimum atomic E-state index is -3.90. The van der Waals surface area contributed by atoms with Gasteiger partial charge in [-0.1, -0.05) is 38.5 Å². The zero-order valence-corrected chi connectivity index (χ0v) is 28.1. The smallest absolute Gasteiger partial charge is 0.269 e. The van der Waals surface area contributed by atoms with E-state index in [-0.39, 0.29) is 20.9 Å². The molecule has 0 radical (unpaired) electrons. The van der Waals surface area contributed by atoms with Gasteiger partial charge in [0.15, 0.2) is 14.0 Å². The maximum absolute atomic E-state index is 13.4. The standard InChI is InChI=1S/C27H33ClIN5O4SSi/c1-18-7-9-21(10-8-18)39(35,36)34-17-22(29)23-24(32-26(28)33-25(23)34)31-16-19-15-20(11-12-30-19)37-13-14-38-40(5,6)27(2,3)4/h7-12,15,17H,13-14,16H2,1-6H3,(H,31,32,33). The molecule has 3 aromatic heterocycles. The molecular weight excluding hydrogens is 681 g/mol. The first-order valence-corrected chi connectivity index (χ1v) is 18.5. The molecule has 4 rings (SSSR count). The first-order chi connectivity index (χ1) is 18.7. The number of rotatable bonds is 10. The van der Waals surface area contributed by atoms with Crippen LogP contribution in [0.15, 0.2) is 53.7 Å². The van der Waals surface area contributed by atoms with Crippen LogP contribution in [0.5, 0.6) is 5.75 Å². The van der Waals surface area contributed by atoms with Crippen molar-refractivity contribution in [1.82, 2.24) is 18.9 Å². The van der Waals surface area contributed by atoms with E-state index in [1.165, 1.54) is 6.20 Å². The molecule has 0 saturated heterocycles. The second-order valence-electron chi connectivity index (χ2n) is 10.9. The van der Waals surface area contributed by atoms with Gasteiger partial charge in [0.25, 0.3) is 10.0 Å². The summed E-state index contributed by atoms with van der Waals surface area (Å²) in [5.74, 6) is 1.09. The number of anilines is 1. The normalized spacial score (nSPS) is 12.6. The van der Waals surface area contributed by atoms with Gasteiger partial charge in [-0.25, -0.2) is 17.4 Å². The van der Waals surface area contributed by atoms with E-state index in [1.54, 1.807) is 36.5 Å². The van der Waals surface area contributed by atoms with Gasteiger partial charge in [0.05, 0.1) is 29.1 Å². The predicted octanol–water partition coefficient (Wildman–Crippen LogP) is 6.64. The number of aryl methyl sites for hydroxylation is 1. The van der Waals surface area contributed by atoms with Gasteiger partial charge in [-0.2, -0.15) is 4.98 Å². The number of nitrogens with zero attached hydrogens (tertiary/aromatic N) is 4. The van der Waals surface area contributed by atoms with Crippen molar-refractivity contribution < 1.29 is 17.6 Å². The zero-order valence-electron chi connectivity index (χ0n) is 23.3. The Labute approximate surface area is 255 Å². The van der Waals surface area contributed by atoms with Gasteiger partial charge in [-0.05, 0) is 77.4 Å². The lowest BCUT2D eigenvalue weighted by Crippen LogP contribution is -2.41. The molecule has 3 heterocycles. The van der Waals surface area contributed by atoms with E-state index in [9.17, 15) is 8.42 Å². The zero-order chi connectivity index (χ0) is 29.3. The molecule has 0 fully saturated rings. The summed E-state index contributed by atoms with van der Waals surface area (Å²) in [6.45, 7) is 14.2. The van der Waals surface area contributed by atoms with E-state index in [1.807, 2.05) is 13.0 Å². The van der Waals surface area contributed by atoms with Crippen molar-refractivity contribution in [3.63, 3.8) is 0 Å². The summed E-state index contributed by atoms with van der Waals surface area (Å²) in [6.07, 6.45) is 3.20. The third-order valence-corrected chi connectivity index (χ3v) is 14.2. The van der Waals surface area contributed by atoms with E-state index in [0.29, 0.717) is 46.0 Å². The summed E-state index contributed by atoms with van der Waals surface area (Å²) >= 11 is 8.32. The van der Waals surface area contributed by atoms with E-state index in [2.05, 4.69) is 76.7 Å². The largest absolute Gasteiger partial charge is 0.491 e. The van der Waals surface area contributed by atoms with Crippen LogP contribution in [-0.4, -0.2) is 48.9 Å². The number of ether oxygens (including phenoxy) is 1. The fraction of sp³-hybridized carbons (Fsp3) is 0.370. The monoisotopic (exact) mass is 713 g/mol. The second kappa shape index (κ2) is 11.9. The van der Waals surface area contributed by atoms with Gasteiger partial charge < -0.3 is 14.5 Å². The highest BCUT2D eigenvalue weighted by Crippen LogP contribution is 2.36. The second-order valence-corrected chi connectivity index (χ2v) is 19.0. The molecule has 0 amide bonds. The molecule has 0 bridgehead atoms. The molecule has 4 aromatic rings. The van der Waals surface area contributed by atoms with Crippen LogP contribution >= 0.6 is 34.2 Å². The highest BCUT2D eigenvalue weighted by atomic mass is 127. The number of aromatic nitrogens is 4. The molecule has 1 aromatic carbocycles. The molecule has 214 valence electrons. The number of nitrogens with one attached hydrogen (secondary N) is 1. The summed E-state index contributed by atoms with van der Waals surface area (Å²) in [7, 11) is -5.73. The Kier molecular flexibility index (Phi) is 9.15. The Hall–Kier alpha value is -2.26. The summed E-state index contributed by atoms with van der Waals surface area (Å²) in [6, 6.07) is 10.3. The van der Waals surface area contributed by atoms with Gasteiger partial charge in [-0.3, -0.25) is 4.98 Å². The number of pyridine rings is 1. The highest BCUT2D eigenvalue weighted by molar-refractivity contribution is 14.1. The Morgan fingerprint density at radius 2 is 1.80 bits per heavy atom. The van der Waals surface area contributed by atoms with E-state index in [4.69, 9.17) is 20.8 Å². The molecule has 0 aliphatic rings. The first kappa shape index (κ1) is 30.7. The fourth-order valence-corrected chi connectivity index (χ4v) is 7.12. The third-order valence-electron chi connectivity index (χ3n) is 6.96. The third kappa shape index (κ3) is 6.78. The molecule has 0 atom stereocenters.